The summed E-state index contributed by atoms with van der Waals surface area (Å²) in [4.78, 5) is 0. The van der Waals surface area contributed by atoms with Gasteiger partial charge in [0, 0.05) is 16.0 Å². The summed E-state index contributed by atoms with van der Waals surface area (Å²) in [5, 5.41) is 3.51. The lowest BCUT2D eigenvalue weighted by atomic mass is 9.51. The molecule has 3 heteroatoms. The Labute approximate surface area is 158 Å². The minimum atomic E-state index is 0.499. The van der Waals surface area contributed by atoms with Gasteiger partial charge < -0.3 is 0 Å². The highest BCUT2D eigenvalue weighted by atomic mass is 79.9. The summed E-state index contributed by atoms with van der Waals surface area (Å²) in [6.07, 6.45) is 12.2. The van der Waals surface area contributed by atoms with Crippen LogP contribution < -0.4 is 0 Å². The van der Waals surface area contributed by atoms with Crippen LogP contribution in [0.2, 0.25) is 0 Å². The van der Waals surface area contributed by atoms with Gasteiger partial charge in [-0.15, -0.1) is 0 Å². The van der Waals surface area contributed by atoms with Crippen LogP contribution in [0, 0.1) is 16.2 Å². The zero-order chi connectivity index (χ0) is 16.0. The van der Waals surface area contributed by atoms with Crippen molar-refractivity contribution in [2.24, 2.45) is 16.2 Å². The molecule has 0 heterocycles. The summed E-state index contributed by atoms with van der Waals surface area (Å²) >= 11 is 11.7. The largest absolute Gasteiger partial charge is 0.0922 e. The monoisotopic (exact) mass is 486 g/mol. The summed E-state index contributed by atoms with van der Waals surface area (Å²) in [5.41, 5.74) is 1.50. The Morgan fingerprint density at radius 3 is 0.952 bits per heavy atom. The zero-order valence-corrected chi connectivity index (χ0v) is 18.9. The molecule has 1 saturated carbocycles. The average Bonchev–Trinajstić information content (AvgIpc) is 2.48. The van der Waals surface area contributed by atoms with Crippen LogP contribution in [0.3, 0.4) is 0 Å². The van der Waals surface area contributed by atoms with Gasteiger partial charge >= 0.3 is 0 Å². The van der Waals surface area contributed by atoms with Gasteiger partial charge in [-0.25, -0.2) is 0 Å². The molecule has 0 amide bonds. The molecule has 0 atom stereocenters. The molecule has 1 rings (SSSR count). The van der Waals surface area contributed by atoms with Gasteiger partial charge in [0.2, 0.25) is 0 Å². The Balaban J connectivity index is 3.18. The van der Waals surface area contributed by atoms with E-state index in [1.807, 2.05) is 0 Å². The van der Waals surface area contributed by atoms with Crippen molar-refractivity contribution in [3.8, 4) is 0 Å². The highest BCUT2D eigenvalue weighted by Crippen LogP contribution is 2.60. The third-order valence-corrected chi connectivity index (χ3v) is 9.01. The van der Waals surface area contributed by atoms with Gasteiger partial charge in [-0.3, -0.25) is 0 Å². The fraction of sp³-hybridized carbons (Fsp3) is 1.00. The molecule has 0 aromatic heterocycles. The van der Waals surface area contributed by atoms with Crippen molar-refractivity contribution in [3.05, 3.63) is 0 Å². The zero-order valence-electron chi connectivity index (χ0n) is 14.1. The van der Waals surface area contributed by atoms with Gasteiger partial charge in [0.25, 0.3) is 0 Å². The lowest BCUT2D eigenvalue weighted by molar-refractivity contribution is -0.0159. The van der Waals surface area contributed by atoms with Crippen LogP contribution in [0.5, 0.6) is 0 Å². The molecule has 1 fully saturated rings. The molecule has 0 aromatic carbocycles. The van der Waals surface area contributed by atoms with Gasteiger partial charge in [0.15, 0.2) is 0 Å². The summed E-state index contributed by atoms with van der Waals surface area (Å²) in [6.45, 7) is 7.05. The first kappa shape index (κ1) is 20.5. The fourth-order valence-electron chi connectivity index (χ4n) is 5.18. The van der Waals surface area contributed by atoms with E-state index in [-0.39, 0.29) is 0 Å². The van der Waals surface area contributed by atoms with Crippen LogP contribution in [-0.2, 0) is 0 Å². The van der Waals surface area contributed by atoms with Crippen molar-refractivity contribution in [2.45, 2.75) is 78.6 Å². The minimum absolute atomic E-state index is 0.499. The number of hydrogen-bond donors (Lipinski definition) is 0. The van der Waals surface area contributed by atoms with E-state index in [1.165, 1.54) is 73.8 Å². The highest BCUT2D eigenvalue weighted by molar-refractivity contribution is 9.09. The topological polar surface area (TPSA) is 0 Å². The van der Waals surface area contributed by atoms with E-state index in [9.17, 15) is 0 Å². The molecular weight excluding hydrogens is 456 g/mol. The standard InChI is InChI=1S/C18H33Br3/c1-4-7-16(13-19)10-17(14-20,8-5-2)12-18(11-16,15-21)9-6-3/h4-15H2,1-3H3. The van der Waals surface area contributed by atoms with Crippen molar-refractivity contribution in [1.82, 2.24) is 0 Å². The first-order chi connectivity index (χ1) is 9.99. The second-order valence-electron chi connectivity index (χ2n) is 7.68. The van der Waals surface area contributed by atoms with Crippen LogP contribution in [0.15, 0.2) is 0 Å². The molecule has 0 N–H and O–H groups in total. The second kappa shape index (κ2) is 9.06. The number of hydrogen-bond acceptors (Lipinski definition) is 0. The summed E-state index contributed by atoms with van der Waals surface area (Å²) in [7, 11) is 0. The molecule has 0 unspecified atom stereocenters. The van der Waals surface area contributed by atoms with E-state index in [2.05, 4.69) is 68.6 Å². The van der Waals surface area contributed by atoms with Crippen LogP contribution in [0.4, 0.5) is 0 Å². The van der Waals surface area contributed by atoms with Crippen LogP contribution in [0.1, 0.15) is 78.6 Å². The molecule has 126 valence electrons. The van der Waals surface area contributed by atoms with Crippen molar-refractivity contribution < 1.29 is 0 Å². The van der Waals surface area contributed by atoms with Crippen LogP contribution in [-0.4, -0.2) is 16.0 Å². The van der Waals surface area contributed by atoms with E-state index in [1.54, 1.807) is 0 Å². The molecule has 0 spiro atoms. The van der Waals surface area contributed by atoms with Crippen molar-refractivity contribution >= 4 is 47.8 Å². The lowest BCUT2D eigenvalue weighted by Crippen LogP contribution is -2.48. The molecule has 0 nitrogen and oxygen atoms in total. The second-order valence-corrected chi connectivity index (χ2v) is 9.36. The average molecular weight is 489 g/mol. The molecule has 1 aliphatic rings. The summed E-state index contributed by atoms with van der Waals surface area (Å²) in [6, 6.07) is 0. The summed E-state index contributed by atoms with van der Waals surface area (Å²) in [5.74, 6) is 0. The van der Waals surface area contributed by atoms with Gasteiger partial charge in [0.1, 0.15) is 0 Å². The van der Waals surface area contributed by atoms with E-state index in [4.69, 9.17) is 0 Å². The van der Waals surface area contributed by atoms with E-state index in [0.717, 1.165) is 0 Å². The highest BCUT2D eigenvalue weighted by Gasteiger charge is 2.52. The van der Waals surface area contributed by atoms with Crippen molar-refractivity contribution in [3.63, 3.8) is 0 Å². The minimum Gasteiger partial charge on any atom is -0.0922 e. The quantitative estimate of drug-likeness (QED) is 0.291. The van der Waals surface area contributed by atoms with E-state index in [0.29, 0.717) is 16.2 Å². The Morgan fingerprint density at radius 1 is 0.571 bits per heavy atom. The van der Waals surface area contributed by atoms with Crippen molar-refractivity contribution in [1.29, 1.82) is 0 Å². The SMILES string of the molecule is CCCC1(CBr)CC(CBr)(CCC)CC(CBr)(CCC)C1. The van der Waals surface area contributed by atoms with Gasteiger partial charge in [-0.1, -0.05) is 87.8 Å². The van der Waals surface area contributed by atoms with Gasteiger partial charge in [0.05, 0.1) is 0 Å². The predicted molar refractivity (Wildman–Crippen MR) is 107 cm³/mol. The summed E-state index contributed by atoms with van der Waals surface area (Å²) < 4.78 is 0. The normalized spacial score (nSPS) is 36.9. The maximum atomic E-state index is 3.90. The molecule has 0 bridgehead atoms. The Kier molecular flexibility index (Phi) is 8.84. The maximum Gasteiger partial charge on any atom is 0.00883 e. The first-order valence-corrected chi connectivity index (χ1v) is 12.0. The Hall–Kier alpha value is 1.44. The van der Waals surface area contributed by atoms with Crippen molar-refractivity contribution in [2.75, 3.05) is 16.0 Å². The molecule has 0 aliphatic heterocycles. The van der Waals surface area contributed by atoms with Gasteiger partial charge in [-0.2, -0.15) is 0 Å². The number of alkyl halides is 3. The Morgan fingerprint density at radius 2 is 0.810 bits per heavy atom. The molecule has 21 heavy (non-hydrogen) atoms. The van der Waals surface area contributed by atoms with E-state index >= 15 is 0 Å². The Bertz CT molecular complexity index is 247. The smallest absolute Gasteiger partial charge is 0.00883 e. The first-order valence-electron chi connectivity index (χ1n) is 8.67. The molecule has 0 saturated heterocycles. The number of halogens is 3. The van der Waals surface area contributed by atoms with Crippen LogP contribution >= 0.6 is 47.8 Å². The lowest BCUT2D eigenvalue weighted by Gasteiger charge is -2.56. The molecule has 0 radical (unpaired) electrons. The third-order valence-electron chi connectivity index (χ3n) is 5.44. The van der Waals surface area contributed by atoms with Crippen LogP contribution in [0.25, 0.3) is 0 Å². The molecular formula is C18H33Br3. The fourth-order valence-corrected chi connectivity index (χ4v) is 7.21. The number of rotatable bonds is 9. The van der Waals surface area contributed by atoms with Gasteiger partial charge in [-0.05, 0) is 54.8 Å². The predicted octanol–water partition coefficient (Wildman–Crippen LogP) is 7.71. The third kappa shape index (κ3) is 4.95. The molecule has 0 aromatic rings. The maximum absolute atomic E-state index is 3.90. The molecule has 1 aliphatic carbocycles. The van der Waals surface area contributed by atoms with E-state index < -0.39 is 0 Å².